The fraction of sp³-hybridized carbons (Fsp3) is 0.235. The first-order valence-electron chi connectivity index (χ1n) is 7.04. The first-order valence-corrected chi connectivity index (χ1v) is 7.80. The minimum atomic E-state index is -0.293. The van der Waals surface area contributed by atoms with E-state index in [1.807, 2.05) is 13.0 Å². The number of hydrogen-bond acceptors (Lipinski definition) is 2. The second-order valence-corrected chi connectivity index (χ2v) is 6.19. The van der Waals surface area contributed by atoms with Crippen LogP contribution in [0.1, 0.15) is 11.1 Å². The quantitative estimate of drug-likeness (QED) is 0.856. The van der Waals surface area contributed by atoms with Gasteiger partial charge in [0.25, 0.3) is 0 Å². The van der Waals surface area contributed by atoms with Crippen LogP contribution in [0.5, 0.6) is 0 Å². The molecule has 0 radical (unpaired) electrons. The molecule has 2 aromatic carbocycles. The van der Waals surface area contributed by atoms with Gasteiger partial charge in [0.15, 0.2) is 0 Å². The van der Waals surface area contributed by atoms with Gasteiger partial charge >= 0.3 is 0 Å². The summed E-state index contributed by atoms with van der Waals surface area (Å²) in [5, 5.41) is 3.55. The van der Waals surface area contributed by atoms with E-state index in [2.05, 4.69) is 5.32 Å². The lowest BCUT2D eigenvalue weighted by Gasteiger charge is -2.17. The van der Waals surface area contributed by atoms with Crippen molar-refractivity contribution in [1.29, 1.82) is 0 Å². The van der Waals surface area contributed by atoms with E-state index >= 15 is 0 Å². The van der Waals surface area contributed by atoms with E-state index in [9.17, 15) is 9.18 Å². The summed E-state index contributed by atoms with van der Waals surface area (Å²) < 4.78 is 13.2. The van der Waals surface area contributed by atoms with Crippen LogP contribution in [0.3, 0.4) is 0 Å². The zero-order chi connectivity index (χ0) is 17.0. The Bertz CT molecular complexity index is 722. The Morgan fingerprint density at radius 3 is 2.70 bits per heavy atom. The van der Waals surface area contributed by atoms with Gasteiger partial charge in [0.05, 0.1) is 22.3 Å². The summed E-state index contributed by atoms with van der Waals surface area (Å²) in [4.78, 5) is 13.9. The zero-order valence-corrected chi connectivity index (χ0v) is 14.4. The lowest BCUT2D eigenvalue weighted by molar-refractivity contribution is -0.117. The molecular formula is C17H17Cl2FN2O. The number of carbonyl (C=O) groups is 1. The number of nitrogens with zero attached hydrogens (tertiary/aromatic N) is 1. The Hall–Kier alpha value is -1.62. The number of hydrogen-bond donors (Lipinski definition) is 1. The summed E-state index contributed by atoms with van der Waals surface area (Å²) in [5.41, 5.74) is 2.05. The van der Waals surface area contributed by atoms with E-state index < -0.39 is 0 Å². The second kappa shape index (κ2) is 7.77. The molecule has 0 heterocycles. The number of benzene rings is 2. The monoisotopic (exact) mass is 354 g/mol. The number of amides is 1. The molecular weight excluding hydrogens is 338 g/mol. The molecule has 122 valence electrons. The van der Waals surface area contributed by atoms with Gasteiger partial charge in [-0.05, 0) is 43.3 Å². The molecule has 2 aromatic rings. The number of anilines is 1. The van der Waals surface area contributed by atoms with Gasteiger partial charge in [-0.2, -0.15) is 0 Å². The standard InChI is InChI=1S/C17H17Cl2FN2O/c1-11-6-7-14(18)17(16(11)19)21-15(23)10-22(2)9-12-4-3-5-13(20)8-12/h3-8H,9-10H2,1-2H3,(H,21,23). The van der Waals surface area contributed by atoms with E-state index in [1.165, 1.54) is 12.1 Å². The zero-order valence-electron chi connectivity index (χ0n) is 12.9. The van der Waals surface area contributed by atoms with Gasteiger partial charge in [-0.25, -0.2) is 4.39 Å². The Kier molecular flexibility index (Phi) is 5.99. The van der Waals surface area contributed by atoms with Gasteiger partial charge in [-0.3, -0.25) is 9.69 Å². The molecule has 0 unspecified atom stereocenters. The molecule has 0 saturated heterocycles. The number of likely N-dealkylation sites (N-methyl/N-ethyl adjacent to an activating group) is 1. The van der Waals surface area contributed by atoms with Gasteiger partial charge in [0, 0.05) is 6.54 Å². The third-order valence-corrected chi connectivity index (χ3v) is 4.11. The van der Waals surface area contributed by atoms with Gasteiger partial charge < -0.3 is 5.32 Å². The van der Waals surface area contributed by atoms with E-state index in [-0.39, 0.29) is 18.3 Å². The smallest absolute Gasteiger partial charge is 0.238 e. The van der Waals surface area contributed by atoms with Crippen molar-refractivity contribution < 1.29 is 9.18 Å². The molecule has 2 rings (SSSR count). The van der Waals surface area contributed by atoms with E-state index in [1.54, 1.807) is 30.1 Å². The average Bonchev–Trinajstić information content (AvgIpc) is 2.47. The van der Waals surface area contributed by atoms with Crippen LogP contribution >= 0.6 is 23.2 Å². The van der Waals surface area contributed by atoms with Crippen molar-refractivity contribution in [3.63, 3.8) is 0 Å². The van der Waals surface area contributed by atoms with Crippen LogP contribution in [0.2, 0.25) is 10.0 Å². The summed E-state index contributed by atoms with van der Waals surface area (Å²) in [6.07, 6.45) is 0. The van der Waals surface area contributed by atoms with Crippen molar-refractivity contribution >= 4 is 34.8 Å². The molecule has 0 aliphatic carbocycles. The number of carbonyl (C=O) groups excluding carboxylic acids is 1. The average molecular weight is 355 g/mol. The maximum absolute atomic E-state index is 13.2. The topological polar surface area (TPSA) is 32.3 Å². The lowest BCUT2D eigenvalue weighted by Crippen LogP contribution is -2.30. The van der Waals surface area contributed by atoms with Crippen molar-refractivity contribution in [3.8, 4) is 0 Å². The Balaban J connectivity index is 1.98. The molecule has 6 heteroatoms. The molecule has 0 saturated carbocycles. The highest BCUT2D eigenvalue weighted by Crippen LogP contribution is 2.32. The fourth-order valence-electron chi connectivity index (χ4n) is 2.20. The van der Waals surface area contributed by atoms with Crippen molar-refractivity contribution in [3.05, 3.63) is 63.4 Å². The van der Waals surface area contributed by atoms with Crippen LogP contribution in [0, 0.1) is 12.7 Å². The normalized spacial score (nSPS) is 10.9. The van der Waals surface area contributed by atoms with Crippen LogP contribution < -0.4 is 5.32 Å². The highest BCUT2D eigenvalue weighted by Gasteiger charge is 2.13. The summed E-state index contributed by atoms with van der Waals surface area (Å²) in [6.45, 7) is 2.43. The maximum Gasteiger partial charge on any atom is 0.238 e. The molecule has 0 aliphatic heterocycles. The second-order valence-electron chi connectivity index (χ2n) is 5.40. The van der Waals surface area contributed by atoms with E-state index in [0.29, 0.717) is 22.3 Å². The van der Waals surface area contributed by atoms with Crippen LogP contribution in [0.15, 0.2) is 36.4 Å². The SMILES string of the molecule is Cc1ccc(Cl)c(NC(=O)CN(C)Cc2cccc(F)c2)c1Cl. The summed E-state index contributed by atoms with van der Waals surface area (Å²) in [5.74, 6) is -0.531. The largest absolute Gasteiger partial charge is 0.322 e. The molecule has 1 N–H and O–H groups in total. The Labute approximate surface area is 145 Å². The molecule has 0 fully saturated rings. The van der Waals surface area contributed by atoms with Crippen molar-refractivity contribution in [2.75, 3.05) is 18.9 Å². The number of rotatable bonds is 5. The molecule has 0 atom stereocenters. The third-order valence-electron chi connectivity index (χ3n) is 3.30. The van der Waals surface area contributed by atoms with E-state index in [4.69, 9.17) is 23.2 Å². The summed E-state index contributed by atoms with van der Waals surface area (Å²) in [6, 6.07) is 9.77. The minimum Gasteiger partial charge on any atom is -0.322 e. The van der Waals surface area contributed by atoms with Gasteiger partial charge in [-0.1, -0.05) is 41.4 Å². The highest BCUT2D eigenvalue weighted by atomic mass is 35.5. The highest BCUT2D eigenvalue weighted by molar-refractivity contribution is 6.40. The third kappa shape index (κ3) is 4.93. The van der Waals surface area contributed by atoms with Crippen LogP contribution in [-0.2, 0) is 11.3 Å². The molecule has 0 spiro atoms. The first kappa shape index (κ1) is 17.7. The summed E-state index contributed by atoms with van der Waals surface area (Å²) >= 11 is 12.2. The predicted molar refractivity (Wildman–Crippen MR) is 92.6 cm³/mol. The first-order chi connectivity index (χ1) is 10.9. The minimum absolute atomic E-state index is 0.136. The van der Waals surface area contributed by atoms with Crippen LogP contribution in [-0.4, -0.2) is 24.4 Å². The fourth-order valence-corrected chi connectivity index (χ4v) is 2.66. The number of halogens is 3. The predicted octanol–water partition coefficient (Wildman–Crippen LogP) is 4.51. The Morgan fingerprint density at radius 1 is 1.26 bits per heavy atom. The molecule has 1 amide bonds. The molecule has 3 nitrogen and oxygen atoms in total. The Morgan fingerprint density at radius 2 is 2.00 bits per heavy atom. The van der Waals surface area contributed by atoms with Gasteiger partial charge in [-0.15, -0.1) is 0 Å². The van der Waals surface area contributed by atoms with Crippen LogP contribution in [0.4, 0.5) is 10.1 Å². The lowest BCUT2D eigenvalue weighted by atomic mass is 10.2. The van der Waals surface area contributed by atoms with Gasteiger partial charge in [0.1, 0.15) is 5.82 Å². The van der Waals surface area contributed by atoms with Crippen LogP contribution in [0.25, 0.3) is 0 Å². The van der Waals surface area contributed by atoms with Crippen molar-refractivity contribution in [1.82, 2.24) is 4.90 Å². The van der Waals surface area contributed by atoms with E-state index in [0.717, 1.165) is 11.1 Å². The molecule has 0 bridgehead atoms. The van der Waals surface area contributed by atoms with Gasteiger partial charge in [0.2, 0.25) is 5.91 Å². The van der Waals surface area contributed by atoms with Crippen molar-refractivity contribution in [2.24, 2.45) is 0 Å². The molecule has 0 aliphatic rings. The molecule has 0 aromatic heterocycles. The number of aryl methyl sites for hydroxylation is 1. The maximum atomic E-state index is 13.2. The number of nitrogens with one attached hydrogen (secondary N) is 1. The summed E-state index contributed by atoms with van der Waals surface area (Å²) in [7, 11) is 1.78. The molecule has 23 heavy (non-hydrogen) atoms. The van der Waals surface area contributed by atoms with Crippen molar-refractivity contribution in [2.45, 2.75) is 13.5 Å².